The van der Waals surface area contributed by atoms with Gasteiger partial charge in [0.2, 0.25) is 5.91 Å². The van der Waals surface area contributed by atoms with Gasteiger partial charge < -0.3 is 15.4 Å². The maximum atomic E-state index is 12.2. The predicted molar refractivity (Wildman–Crippen MR) is 74.6 cm³/mol. The number of nitrogens with two attached hydrogens (primary N) is 1. The number of amides is 1. The average Bonchev–Trinajstić information content (AvgIpc) is 2.39. The van der Waals surface area contributed by atoms with E-state index in [-0.39, 0.29) is 24.1 Å². The quantitative estimate of drug-likeness (QED) is 0.882. The lowest BCUT2D eigenvalue weighted by molar-refractivity contribution is -0.154. The van der Waals surface area contributed by atoms with Crippen LogP contribution < -0.4 is 5.73 Å². The topological polar surface area (TPSA) is 55.6 Å². The van der Waals surface area contributed by atoms with Gasteiger partial charge in [-0.15, -0.1) is 0 Å². The van der Waals surface area contributed by atoms with Crippen LogP contribution in [0, 0.1) is 0 Å². The summed E-state index contributed by atoms with van der Waals surface area (Å²) in [4.78, 5) is 14.1. The lowest BCUT2D eigenvalue weighted by Gasteiger charge is -2.44. The molecule has 1 amide bonds. The van der Waals surface area contributed by atoms with Gasteiger partial charge in [0.1, 0.15) is 6.10 Å². The molecule has 0 spiro atoms. The van der Waals surface area contributed by atoms with Gasteiger partial charge in [0.15, 0.2) is 0 Å². The molecule has 1 saturated heterocycles. The lowest BCUT2D eigenvalue weighted by Crippen LogP contribution is -2.57. The van der Waals surface area contributed by atoms with Crippen molar-refractivity contribution in [3.05, 3.63) is 35.9 Å². The number of morpholine rings is 1. The zero-order valence-electron chi connectivity index (χ0n) is 11.7. The zero-order valence-corrected chi connectivity index (χ0v) is 11.7. The first-order chi connectivity index (χ1) is 9.02. The number of benzene rings is 1. The normalized spacial score (nSPS) is 29.1. The van der Waals surface area contributed by atoms with Crippen LogP contribution in [0.4, 0.5) is 0 Å². The van der Waals surface area contributed by atoms with Gasteiger partial charge in [0, 0.05) is 0 Å². The molecule has 104 valence electrons. The zero-order chi connectivity index (χ0) is 14.0. The fourth-order valence-corrected chi connectivity index (χ4v) is 2.68. The van der Waals surface area contributed by atoms with Crippen molar-refractivity contribution < 1.29 is 9.53 Å². The van der Waals surface area contributed by atoms with Crippen molar-refractivity contribution in [2.45, 2.75) is 45.0 Å². The van der Waals surface area contributed by atoms with Crippen molar-refractivity contribution in [1.29, 1.82) is 0 Å². The van der Waals surface area contributed by atoms with E-state index in [1.807, 2.05) is 49.1 Å². The van der Waals surface area contributed by atoms with Gasteiger partial charge in [-0.2, -0.15) is 0 Å². The maximum absolute atomic E-state index is 12.2. The summed E-state index contributed by atoms with van der Waals surface area (Å²) in [6.45, 7) is 6.29. The van der Waals surface area contributed by atoms with E-state index in [0.717, 1.165) is 5.56 Å². The summed E-state index contributed by atoms with van der Waals surface area (Å²) in [5.74, 6) is -0.00997. The average molecular weight is 262 g/mol. The molecule has 4 heteroatoms. The van der Waals surface area contributed by atoms with Gasteiger partial charge in [-0.3, -0.25) is 4.79 Å². The minimum atomic E-state index is -0.473. The van der Waals surface area contributed by atoms with Crippen LogP contribution in [-0.2, 0) is 9.53 Å². The van der Waals surface area contributed by atoms with Crippen molar-refractivity contribution in [3.8, 4) is 0 Å². The molecule has 19 heavy (non-hydrogen) atoms. The lowest BCUT2D eigenvalue weighted by atomic mass is 9.98. The molecule has 0 aromatic heterocycles. The van der Waals surface area contributed by atoms with E-state index in [2.05, 4.69) is 0 Å². The summed E-state index contributed by atoms with van der Waals surface area (Å²) < 4.78 is 5.91. The van der Waals surface area contributed by atoms with Crippen LogP contribution in [-0.4, -0.2) is 35.5 Å². The molecule has 1 aliphatic heterocycles. The van der Waals surface area contributed by atoms with E-state index in [1.54, 1.807) is 6.92 Å². The highest BCUT2D eigenvalue weighted by atomic mass is 16.5. The minimum absolute atomic E-state index is 0.00958. The molecule has 0 radical (unpaired) electrons. The Morgan fingerprint density at radius 1 is 1.37 bits per heavy atom. The van der Waals surface area contributed by atoms with Crippen molar-refractivity contribution in [2.24, 2.45) is 5.73 Å². The summed E-state index contributed by atoms with van der Waals surface area (Å²) in [7, 11) is 0. The van der Waals surface area contributed by atoms with E-state index in [4.69, 9.17) is 10.5 Å². The second-order valence-corrected chi connectivity index (χ2v) is 5.29. The van der Waals surface area contributed by atoms with Crippen LogP contribution in [0.15, 0.2) is 30.3 Å². The highest BCUT2D eigenvalue weighted by Crippen LogP contribution is 2.31. The Kier molecular flexibility index (Phi) is 4.22. The fourth-order valence-electron chi connectivity index (χ4n) is 2.68. The van der Waals surface area contributed by atoms with Gasteiger partial charge >= 0.3 is 0 Å². The Morgan fingerprint density at radius 3 is 2.58 bits per heavy atom. The largest absolute Gasteiger partial charge is 0.369 e. The smallest absolute Gasteiger partial charge is 0.239 e. The first-order valence-electron chi connectivity index (χ1n) is 6.76. The summed E-state index contributed by atoms with van der Waals surface area (Å²) in [6.07, 6.45) is -0.0832. The van der Waals surface area contributed by atoms with Gasteiger partial charge in [-0.05, 0) is 26.3 Å². The van der Waals surface area contributed by atoms with E-state index >= 15 is 0 Å². The Bertz CT molecular complexity index is 433. The number of rotatable bonds is 2. The molecule has 0 saturated carbocycles. The molecule has 0 unspecified atom stereocenters. The van der Waals surface area contributed by atoms with Gasteiger partial charge in [-0.1, -0.05) is 30.3 Å². The van der Waals surface area contributed by atoms with Crippen molar-refractivity contribution in [1.82, 2.24) is 4.90 Å². The van der Waals surface area contributed by atoms with E-state index < -0.39 is 6.04 Å². The Labute approximate surface area is 114 Å². The number of carbonyl (C=O) groups excluding carboxylic acids is 1. The molecule has 1 heterocycles. The van der Waals surface area contributed by atoms with Crippen LogP contribution in [0.5, 0.6) is 0 Å². The first-order valence-corrected chi connectivity index (χ1v) is 6.76. The van der Waals surface area contributed by atoms with Crippen LogP contribution in [0.1, 0.15) is 32.4 Å². The van der Waals surface area contributed by atoms with Crippen LogP contribution >= 0.6 is 0 Å². The molecule has 2 N–H and O–H groups in total. The number of ether oxygens (including phenoxy) is 1. The van der Waals surface area contributed by atoms with Gasteiger partial charge in [0.25, 0.3) is 0 Å². The summed E-state index contributed by atoms with van der Waals surface area (Å²) >= 11 is 0. The number of carbonyl (C=O) groups is 1. The van der Waals surface area contributed by atoms with Crippen molar-refractivity contribution in [3.63, 3.8) is 0 Å². The molecule has 4 atom stereocenters. The molecular formula is C15H22N2O2. The summed E-state index contributed by atoms with van der Waals surface area (Å²) in [5.41, 5.74) is 6.84. The Hall–Kier alpha value is -1.39. The molecule has 0 bridgehead atoms. The SMILES string of the molecule is C[C@H](N)C(=O)N1[C@H](C)CO[C@@H](c2ccccc2)[C@H]1C. The third-order valence-corrected chi connectivity index (χ3v) is 3.64. The molecule has 2 rings (SSSR count). The number of hydrogen-bond acceptors (Lipinski definition) is 3. The van der Waals surface area contributed by atoms with Gasteiger partial charge in [-0.25, -0.2) is 0 Å². The predicted octanol–water partition coefficient (Wildman–Crippen LogP) is 1.71. The van der Waals surface area contributed by atoms with Crippen molar-refractivity contribution >= 4 is 5.91 Å². The number of hydrogen-bond donors (Lipinski definition) is 1. The standard InChI is InChI=1S/C15H22N2O2/c1-10-9-19-14(13-7-5-4-6-8-13)12(3)17(10)15(18)11(2)16/h4-8,10-12,14H,9,16H2,1-3H3/t10-,11+,12-,14-/m1/s1. The second kappa shape index (κ2) is 5.72. The van der Waals surface area contributed by atoms with Crippen LogP contribution in [0.25, 0.3) is 0 Å². The van der Waals surface area contributed by atoms with Crippen LogP contribution in [0.2, 0.25) is 0 Å². The van der Waals surface area contributed by atoms with E-state index in [0.29, 0.717) is 6.61 Å². The minimum Gasteiger partial charge on any atom is -0.369 e. The molecule has 4 nitrogen and oxygen atoms in total. The molecule has 1 aromatic carbocycles. The molecule has 1 aliphatic rings. The summed E-state index contributed by atoms with van der Waals surface area (Å²) in [6, 6.07) is 9.60. The molecule has 1 fully saturated rings. The molecule has 0 aliphatic carbocycles. The van der Waals surface area contributed by atoms with Crippen LogP contribution in [0.3, 0.4) is 0 Å². The summed E-state index contributed by atoms with van der Waals surface area (Å²) in [5, 5.41) is 0. The van der Waals surface area contributed by atoms with Gasteiger partial charge in [0.05, 0.1) is 24.7 Å². The molecular weight excluding hydrogens is 240 g/mol. The maximum Gasteiger partial charge on any atom is 0.239 e. The monoisotopic (exact) mass is 262 g/mol. The third-order valence-electron chi connectivity index (χ3n) is 3.64. The third kappa shape index (κ3) is 2.80. The first kappa shape index (κ1) is 14.0. The Balaban J connectivity index is 2.23. The second-order valence-electron chi connectivity index (χ2n) is 5.29. The Morgan fingerprint density at radius 2 is 2.00 bits per heavy atom. The van der Waals surface area contributed by atoms with Crippen molar-refractivity contribution in [2.75, 3.05) is 6.61 Å². The van der Waals surface area contributed by atoms with E-state index in [9.17, 15) is 4.79 Å². The highest BCUT2D eigenvalue weighted by Gasteiger charge is 2.37. The fraction of sp³-hybridized carbons (Fsp3) is 0.533. The highest BCUT2D eigenvalue weighted by molar-refractivity contribution is 5.82. The van der Waals surface area contributed by atoms with E-state index in [1.165, 1.54) is 0 Å². The molecule has 1 aromatic rings. The number of nitrogens with zero attached hydrogens (tertiary/aromatic N) is 1.